The first-order chi connectivity index (χ1) is 36.7. The number of fused-ring (bicyclic) bond motifs is 6. The number of hydrogen-bond donors (Lipinski definition) is 0. The van der Waals surface area contributed by atoms with Crippen LogP contribution in [-0.2, 0) is 0 Å². The van der Waals surface area contributed by atoms with Gasteiger partial charge in [-0.3, -0.25) is 4.57 Å². The smallest absolute Gasteiger partial charge is 0.167 e. The van der Waals surface area contributed by atoms with Gasteiger partial charge in [0.05, 0.1) is 39.5 Å². The van der Waals surface area contributed by atoms with Crippen LogP contribution in [0, 0.1) is 0 Å². The molecule has 0 saturated heterocycles. The molecule has 0 spiro atoms. The van der Waals surface area contributed by atoms with E-state index in [-0.39, 0.29) is 0 Å². The van der Waals surface area contributed by atoms with Crippen LogP contribution in [0.25, 0.3) is 134 Å². The summed E-state index contributed by atoms with van der Waals surface area (Å²) in [5.41, 5.74) is 16.8. The van der Waals surface area contributed by atoms with Crippen molar-refractivity contribution >= 4 is 43.6 Å². The number of aromatic nitrogens is 6. The maximum Gasteiger partial charge on any atom is 0.167 e. The lowest BCUT2D eigenvalue weighted by Gasteiger charge is -2.16. The molecular formula is C68H44N6. The van der Waals surface area contributed by atoms with E-state index in [4.69, 9.17) is 19.9 Å². The van der Waals surface area contributed by atoms with Crippen LogP contribution >= 0.6 is 0 Å². The fraction of sp³-hybridized carbons (Fsp3) is 0. The van der Waals surface area contributed by atoms with Gasteiger partial charge < -0.3 is 4.57 Å². The molecule has 0 N–H and O–H groups in total. The molecule has 0 radical (unpaired) electrons. The molecular weight excluding hydrogens is 901 g/mol. The number of rotatable bonds is 9. The summed E-state index contributed by atoms with van der Waals surface area (Å²) in [5.74, 6) is 2.37. The van der Waals surface area contributed by atoms with Crippen LogP contribution in [0.15, 0.2) is 267 Å². The highest BCUT2D eigenvalue weighted by Crippen LogP contribution is 2.42. The molecule has 6 nitrogen and oxygen atoms in total. The van der Waals surface area contributed by atoms with Crippen molar-refractivity contribution < 1.29 is 0 Å². The number of nitrogens with zero attached hydrogens (tertiary/aromatic N) is 6. The zero-order valence-corrected chi connectivity index (χ0v) is 40.1. The van der Waals surface area contributed by atoms with Crippen LogP contribution < -0.4 is 0 Å². The third-order valence-electron chi connectivity index (χ3n) is 14.2. The lowest BCUT2D eigenvalue weighted by Crippen LogP contribution is -2.07. The molecule has 0 fully saturated rings. The second-order valence-corrected chi connectivity index (χ2v) is 18.7. The minimum atomic E-state index is 0.511. The summed E-state index contributed by atoms with van der Waals surface area (Å²) in [6, 6.07) is 92.1. The summed E-state index contributed by atoms with van der Waals surface area (Å²) >= 11 is 0. The first-order valence-electron chi connectivity index (χ1n) is 24.9. The first-order valence-corrected chi connectivity index (χ1v) is 24.9. The van der Waals surface area contributed by atoms with E-state index in [2.05, 4.69) is 234 Å². The molecule has 4 aromatic heterocycles. The van der Waals surface area contributed by atoms with E-state index in [0.29, 0.717) is 23.3 Å². The van der Waals surface area contributed by atoms with Gasteiger partial charge in [0, 0.05) is 32.7 Å². The molecule has 0 unspecified atom stereocenters. The average molecular weight is 945 g/mol. The van der Waals surface area contributed by atoms with Crippen molar-refractivity contribution in [1.29, 1.82) is 0 Å². The van der Waals surface area contributed by atoms with Crippen molar-refractivity contribution in [3.8, 4) is 90.2 Å². The maximum absolute atomic E-state index is 5.61. The monoisotopic (exact) mass is 944 g/mol. The molecule has 0 atom stereocenters. The Hall–Kier alpha value is -10.0. The molecule has 14 aromatic rings. The second-order valence-electron chi connectivity index (χ2n) is 18.7. The van der Waals surface area contributed by atoms with Crippen LogP contribution in [0.4, 0.5) is 0 Å². The second kappa shape index (κ2) is 18.0. The van der Waals surface area contributed by atoms with E-state index in [9.17, 15) is 0 Å². The first kappa shape index (κ1) is 42.8. The fourth-order valence-electron chi connectivity index (χ4n) is 10.6. The number of hydrogen-bond acceptors (Lipinski definition) is 4. The molecule has 14 rings (SSSR count). The minimum absolute atomic E-state index is 0.511. The Morgan fingerprint density at radius 3 is 0.878 bits per heavy atom. The maximum atomic E-state index is 5.61. The van der Waals surface area contributed by atoms with Crippen LogP contribution in [0.1, 0.15) is 0 Å². The van der Waals surface area contributed by atoms with Gasteiger partial charge >= 0.3 is 0 Å². The third-order valence-corrected chi connectivity index (χ3v) is 14.2. The van der Waals surface area contributed by atoms with E-state index in [1.807, 2.05) is 42.6 Å². The summed E-state index contributed by atoms with van der Waals surface area (Å²) in [5, 5.41) is 4.53. The van der Waals surface area contributed by atoms with Crippen LogP contribution in [0.2, 0.25) is 0 Å². The molecule has 0 aliphatic rings. The van der Waals surface area contributed by atoms with Gasteiger partial charge in [0.1, 0.15) is 5.82 Å². The van der Waals surface area contributed by atoms with E-state index in [1.165, 1.54) is 11.1 Å². The number of pyridine rings is 1. The molecule has 4 heterocycles. The molecule has 10 aromatic carbocycles. The average Bonchev–Trinajstić information content (AvgIpc) is 4.03. The Morgan fingerprint density at radius 2 is 0.541 bits per heavy atom. The molecule has 0 aliphatic heterocycles. The van der Waals surface area contributed by atoms with Gasteiger partial charge in [0.25, 0.3) is 0 Å². The lowest BCUT2D eigenvalue weighted by atomic mass is 10.0. The van der Waals surface area contributed by atoms with Crippen molar-refractivity contribution in [2.75, 3.05) is 0 Å². The molecule has 0 amide bonds. The third kappa shape index (κ3) is 7.52. The lowest BCUT2D eigenvalue weighted by molar-refractivity contribution is 1.03. The Labute approximate surface area is 427 Å². The summed E-state index contributed by atoms with van der Waals surface area (Å²) in [6.07, 6.45) is 2.01. The Morgan fingerprint density at radius 1 is 0.243 bits per heavy atom. The highest BCUT2D eigenvalue weighted by atomic mass is 15.1. The minimum Gasteiger partial charge on any atom is -0.308 e. The van der Waals surface area contributed by atoms with Crippen molar-refractivity contribution in [1.82, 2.24) is 29.1 Å². The van der Waals surface area contributed by atoms with Gasteiger partial charge in [-0.2, -0.15) is 0 Å². The zero-order chi connectivity index (χ0) is 49.0. The van der Waals surface area contributed by atoms with Crippen molar-refractivity contribution in [2.24, 2.45) is 0 Å². The van der Waals surface area contributed by atoms with Crippen LogP contribution in [-0.4, -0.2) is 29.1 Å². The molecule has 0 saturated carbocycles. The predicted octanol–water partition coefficient (Wildman–Crippen LogP) is 17.1. The van der Waals surface area contributed by atoms with E-state index in [1.54, 1.807) is 0 Å². The molecule has 0 bridgehead atoms. The standard InChI is InChI=1S/C68H44N6/c1-7-19-45(20-8-1)51-31-35-61-56(39-51)57-40-52(46-21-9-2-10-22-46)32-36-62(57)73(61)55-43-60(67-71-65(49-27-15-5-16-28-49)70-66(72-67)50-29-17-6-18-30-50)68(69-44-55)74-63-37-33-53(47-23-11-3-12-24-47)41-58(63)59-42-54(34-38-64(59)74)48-25-13-4-14-26-48/h1-44H. The molecule has 74 heavy (non-hydrogen) atoms. The molecule has 0 aliphatic carbocycles. The Balaban J connectivity index is 1.07. The predicted molar refractivity (Wildman–Crippen MR) is 304 cm³/mol. The van der Waals surface area contributed by atoms with E-state index >= 15 is 0 Å². The topological polar surface area (TPSA) is 61.4 Å². The van der Waals surface area contributed by atoms with Gasteiger partial charge in [-0.25, -0.2) is 19.9 Å². The summed E-state index contributed by atoms with van der Waals surface area (Å²) in [4.78, 5) is 21.5. The highest BCUT2D eigenvalue weighted by Gasteiger charge is 2.24. The van der Waals surface area contributed by atoms with Gasteiger partial charge in [0.2, 0.25) is 0 Å². The quantitative estimate of drug-likeness (QED) is 0.145. The summed E-state index contributed by atoms with van der Waals surface area (Å²) < 4.78 is 4.64. The van der Waals surface area contributed by atoms with Gasteiger partial charge in [0.15, 0.2) is 17.5 Å². The van der Waals surface area contributed by atoms with E-state index in [0.717, 1.165) is 99.4 Å². The Bertz CT molecular complexity index is 4130. The van der Waals surface area contributed by atoms with Gasteiger partial charge in [-0.15, -0.1) is 0 Å². The van der Waals surface area contributed by atoms with Crippen molar-refractivity contribution in [3.63, 3.8) is 0 Å². The fourth-order valence-corrected chi connectivity index (χ4v) is 10.6. The Kier molecular flexibility index (Phi) is 10.4. The zero-order valence-electron chi connectivity index (χ0n) is 40.1. The van der Waals surface area contributed by atoms with Gasteiger partial charge in [-0.05, 0) is 99.1 Å². The largest absolute Gasteiger partial charge is 0.308 e. The molecule has 6 heteroatoms. The molecule has 346 valence electrons. The normalized spacial score (nSPS) is 11.5. The van der Waals surface area contributed by atoms with Crippen LogP contribution in [0.5, 0.6) is 0 Å². The summed E-state index contributed by atoms with van der Waals surface area (Å²) in [7, 11) is 0. The highest BCUT2D eigenvalue weighted by molar-refractivity contribution is 6.13. The van der Waals surface area contributed by atoms with Crippen molar-refractivity contribution in [3.05, 3.63) is 267 Å². The number of benzene rings is 10. The van der Waals surface area contributed by atoms with Crippen LogP contribution in [0.3, 0.4) is 0 Å². The van der Waals surface area contributed by atoms with Gasteiger partial charge in [-0.1, -0.05) is 206 Å². The van der Waals surface area contributed by atoms with E-state index < -0.39 is 0 Å². The summed E-state index contributed by atoms with van der Waals surface area (Å²) in [6.45, 7) is 0. The van der Waals surface area contributed by atoms with Crippen molar-refractivity contribution in [2.45, 2.75) is 0 Å². The SMILES string of the molecule is c1ccc(-c2ccc3c(c2)c2cc(-c4ccccc4)ccc2n3-c2cnc(-n3c4ccc(-c5ccccc5)cc4c4cc(-c5ccccc5)ccc43)c(-c3nc(-c4ccccc4)nc(-c4ccccc4)n3)c2)cc1.